The summed E-state index contributed by atoms with van der Waals surface area (Å²) in [7, 11) is -1.10. The Morgan fingerprint density at radius 1 is 1.43 bits per heavy atom. The molecule has 0 spiro atoms. The van der Waals surface area contributed by atoms with Gasteiger partial charge < -0.3 is 10.2 Å². The average molecular weight is 378 g/mol. The van der Waals surface area contributed by atoms with Gasteiger partial charge in [0.05, 0.1) is 5.75 Å². The summed E-state index contributed by atoms with van der Waals surface area (Å²) in [6.07, 6.45) is 2.99. The van der Waals surface area contributed by atoms with E-state index in [1.54, 1.807) is 6.20 Å². The van der Waals surface area contributed by atoms with E-state index in [9.17, 15) is 8.42 Å². The maximum absolute atomic E-state index is 11.3. The van der Waals surface area contributed by atoms with Gasteiger partial charge in [0.25, 0.3) is 0 Å². The Morgan fingerprint density at radius 3 is 2.67 bits per heavy atom. The van der Waals surface area contributed by atoms with Gasteiger partial charge in [0, 0.05) is 42.6 Å². The predicted octanol–water partition coefficient (Wildman–Crippen LogP) is 2.07. The number of hydrogen-bond acceptors (Lipinski definition) is 5. The molecule has 0 amide bonds. The summed E-state index contributed by atoms with van der Waals surface area (Å²) in [6, 6.07) is 2.02. The minimum absolute atomic E-state index is 0.125. The lowest BCUT2D eigenvalue weighted by Crippen LogP contribution is -2.28. The van der Waals surface area contributed by atoms with E-state index in [0.717, 1.165) is 22.4 Å². The molecule has 0 radical (unpaired) electrons. The molecule has 21 heavy (non-hydrogen) atoms. The van der Waals surface area contributed by atoms with Gasteiger partial charge in [-0.05, 0) is 34.5 Å². The average Bonchev–Trinajstić information content (AvgIpc) is 2.35. The molecule has 1 aromatic heterocycles. The van der Waals surface area contributed by atoms with Crippen LogP contribution in [-0.4, -0.2) is 45.5 Å². The van der Waals surface area contributed by atoms with Crippen molar-refractivity contribution < 1.29 is 8.42 Å². The van der Waals surface area contributed by atoms with Crippen LogP contribution < -0.4 is 10.2 Å². The molecule has 0 aliphatic carbocycles. The van der Waals surface area contributed by atoms with E-state index < -0.39 is 9.84 Å². The van der Waals surface area contributed by atoms with Gasteiger partial charge in [-0.3, -0.25) is 0 Å². The van der Waals surface area contributed by atoms with E-state index in [0.29, 0.717) is 19.0 Å². The van der Waals surface area contributed by atoms with Crippen molar-refractivity contribution in [2.24, 2.45) is 5.92 Å². The Morgan fingerprint density at radius 2 is 2.10 bits per heavy atom. The summed E-state index contributed by atoms with van der Waals surface area (Å²) < 4.78 is 23.5. The molecule has 0 aromatic carbocycles. The van der Waals surface area contributed by atoms with Gasteiger partial charge >= 0.3 is 0 Å². The minimum Gasteiger partial charge on any atom is -0.358 e. The van der Waals surface area contributed by atoms with Crippen molar-refractivity contribution in [2.75, 3.05) is 37.0 Å². The normalized spacial score (nSPS) is 11.9. The number of halogens is 1. The van der Waals surface area contributed by atoms with Gasteiger partial charge in [-0.25, -0.2) is 13.4 Å². The second-order valence-electron chi connectivity index (χ2n) is 5.71. The smallest absolute Gasteiger partial charge is 0.149 e. The number of hydrogen-bond donors (Lipinski definition) is 1. The third-order valence-electron chi connectivity index (χ3n) is 2.94. The number of pyridine rings is 1. The van der Waals surface area contributed by atoms with Gasteiger partial charge in [0.15, 0.2) is 0 Å². The van der Waals surface area contributed by atoms with Crippen molar-refractivity contribution >= 4 is 31.6 Å². The zero-order chi connectivity index (χ0) is 16.0. The van der Waals surface area contributed by atoms with E-state index in [2.05, 4.69) is 40.1 Å². The van der Waals surface area contributed by atoms with Gasteiger partial charge in [0.1, 0.15) is 15.7 Å². The molecular formula is C14H24BrN3O2S. The van der Waals surface area contributed by atoms with Crippen LogP contribution in [0.2, 0.25) is 0 Å². The molecule has 5 nitrogen and oxygen atoms in total. The van der Waals surface area contributed by atoms with Gasteiger partial charge in [-0.1, -0.05) is 13.8 Å². The number of nitrogens with zero attached hydrogens (tertiary/aromatic N) is 2. The Bertz CT molecular complexity index is 561. The van der Waals surface area contributed by atoms with Crippen LogP contribution in [0.3, 0.4) is 0 Å². The SMILES string of the molecule is CC(C)CNCc1cc(Br)cnc1N(C)CCS(C)(=O)=O. The second-order valence-corrected chi connectivity index (χ2v) is 8.89. The number of rotatable bonds is 8. The predicted molar refractivity (Wildman–Crippen MR) is 91.5 cm³/mol. The maximum atomic E-state index is 11.3. The first-order valence-electron chi connectivity index (χ1n) is 6.93. The number of anilines is 1. The molecule has 0 atom stereocenters. The summed E-state index contributed by atoms with van der Waals surface area (Å²) >= 11 is 3.43. The van der Waals surface area contributed by atoms with E-state index in [4.69, 9.17) is 0 Å². The number of sulfone groups is 1. The first kappa shape index (κ1) is 18.4. The fraction of sp³-hybridized carbons (Fsp3) is 0.643. The van der Waals surface area contributed by atoms with Crippen LogP contribution in [0, 0.1) is 5.92 Å². The van der Waals surface area contributed by atoms with E-state index in [1.807, 2.05) is 18.0 Å². The van der Waals surface area contributed by atoms with Gasteiger partial charge in [-0.2, -0.15) is 0 Å². The number of nitrogens with one attached hydrogen (secondary N) is 1. The highest BCUT2D eigenvalue weighted by Crippen LogP contribution is 2.20. The van der Waals surface area contributed by atoms with Crippen LogP contribution in [0.1, 0.15) is 19.4 Å². The first-order valence-corrected chi connectivity index (χ1v) is 9.78. The molecule has 0 unspecified atom stereocenters. The Labute approximate surface area is 136 Å². The zero-order valence-corrected chi connectivity index (χ0v) is 15.5. The van der Waals surface area contributed by atoms with Crippen LogP contribution in [-0.2, 0) is 16.4 Å². The quantitative estimate of drug-likeness (QED) is 0.751. The van der Waals surface area contributed by atoms with Crippen molar-refractivity contribution in [3.05, 3.63) is 22.3 Å². The monoisotopic (exact) mass is 377 g/mol. The summed E-state index contributed by atoms with van der Waals surface area (Å²) in [6.45, 7) is 6.39. The summed E-state index contributed by atoms with van der Waals surface area (Å²) in [4.78, 5) is 6.31. The second kappa shape index (κ2) is 8.10. The van der Waals surface area contributed by atoms with Crippen molar-refractivity contribution in [1.29, 1.82) is 0 Å². The molecule has 1 N–H and O–H groups in total. The van der Waals surface area contributed by atoms with Crippen molar-refractivity contribution in [2.45, 2.75) is 20.4 Å². The highest BCUT2D eigenvalue weighted by atomic mass is 79.9. The molecule has 0 fully saturated rings. The third kappa shape index (κ3) is 7.24. The summed E-state index contributed by atoms with van der Waals surface area (Å²) in [5.41, 5.74) is 1.06. The molecule has 0 bridgehead atoms. The Balaban J connectivity index is 2.80. The fourth-order valence-electron chi connectivity index (χ4n) is 1.85. The minimum atomic E-state index is -2.97. The molecule has 0 saturated carbocycles. The Hall–Kier alpha value is -0.660. The molecular weight excluding hydrogens is 354 g/mol. The highest BCUT2D eigenvalue weighted by Gasteiger charge is 2.12. The van der Waals surface area contributed by atoms with Crippen molar-refractivity contribution in [3.8, 4) is 0 Å². The summed E-state index contributed by atoms with van der Waals surface area (Å²) in [5.74, 6) is 1.52. The van der Waals surface area contributed by atoms with Gasteiger partial charge in [-0.15, -0.1) is 0 Å². The lowest BCUT2D eigenvalue weighted by atomic mass is 10.2. The molecule has 1 aromatic rings. The molecule has 7 heteroatoms. The van der Waals surface area contributed by atoms with Crippen LogP contribution >= 0.6 is 15.9 Å². The standard InChI is InChI=1S/C14H24BrN3O2S/c1-11(2)8-16-9-12-7-13(15)10-17-14(12)18(3)5-6-21(4,19)20/h7,10-11,16H,5-6,8-9H2,1-4H3. The van der Waals surface area contributed by atoms with Crippen LogP contribution in [0.15, 0.2) is 16.7 Å². The van der Waals surface area contributed by atoms with Gasteiger partial charge in [0.2, 0.25) is 0 Å². The topological polar surface area (TPSA) is 62.3 Å². The van der Waals surface area contributed by atoms with Crippen LogP contribution in [0.25, 0.3) is 0 Å². The molecule has 1 rings (SSSR count). The lowest BCUT2D eigenvalue weighted by molar-refractivity contribution is 0.551. The van der Waals surface area contributed by atoms with Crippen LogP contribution in [0.5, 0.6) is 0 Å². The first-order chi connectivity index (χ1) is 9.69. The van der Waals surface area contributed by atoms with E-state index in [1.165, 1.54) is 6.26 Å². The van der Waals surface area contributed by atoms with Crippen molar-refractivity contribution in [3.63, 3.8) is 0 Å². The number of aromatic nitrogens is 1. The molecule has 0 saturated heterocycles. The van der Waals surface area contributed by atoms with E-state index >= 15 is 0 Å². The fourth-order valence-corrected chi connectivity index (χ4v) is 2.84. The maximum Gasteiger partial charge on any atom is 0.149 e. The zero-order valence-electron chi connectivity index (χ0n) is 13.1. The Kier molecular flexibility index (Phi) is 7.09. The lowest BCUT2D eigenvalue weighted by Gasteiger charge is -2.21. The molecule has 1 heterocycles. The third-order valence-corrected chi connectivity index (χ3v) is 4.29. The van der Waals surface area contributed by atoms with Crippen molar-refractivity contribution in [1.82, 2.24) is 10.3 Å². The van der Waals surface area contributed by atoms with Crippen LogP contribution in [0.4, 0.5) is 5.82 Å². The summed E-state index contributed by atoms with van der Waals surface area (Å²) in [5, 5.41) is 3.39. The molecule has 120 valence electrons. The molecule has 0 aliphatic rings. The largest absolute Gasteiger partial charge is 0.358 e. The molecule has 0 aliphatic heterocycles. The van der Waals surface area contributed by atoms with E-state index in [-0.39, 0.29) is 5.75 Å². The highest BCUT2D eigenvalue weighted by molar-refractivity contribution is 9.10.